The van der Waals surface area contributed by atoms with Gasteiger partial charge in [-0.25, -0.2) is 9.97 Å². The number of benzene rings is 7. The van der Waals surface area contributed by atoms with Gasteiger partial charge in [0.05, 0.1) is 0 Å². The van der Waals surface area contributed by atoms with E-state index >= 15 is 0 Å². The third-order valence-electron chi connectivity index (χ3n) is 9.31. The van der Waals surface area contributed by atoms with E-state index < -0.39 is 0 Å². The molecular weight excluding hydrogens is 588 g/mol. The second kappa shape index (κ2) is 10.5. The minimum Gasteiger partial charge on any atom is -0.455 e. The van der Waals surface area contributed by atoms with Crippen LogP contribution >= 0.6 is 0 Å². The van der Waals surface area contributed by atoms with Crippen molar-refractivity contribution in [3.8, 4) is 44.9 Å². The van der Waals surface area contributed by atoms with Crippen molar-refractivity contribution >= 4 is 54.8 Å². The molecule has 0 N–H and O–H groups in total. The molecule has 3 heterocycles. The number of fused-ring (bicyclic) bond motifs is 8. The van der Waals surface area contributed by atoms with E-state index in [4.69, 9.17) is 18.8 Å². The second-order valence-electron chi connectivity index (χ2n) is 12.1. The summed E-state index contributed by atoms with van der Waals surface area (Å²) in [5.74, 6) is 0.643. The first-order valence-corrected chi connectivity index (χ1v) is 16.1. The van der Waals surface area contributed by atoms with Crippen LogP contribution in [0.1, 0.15) is 0 Å². The fourth-order valence-electron chi connectivity index (χ4n) is 6.95. The second-order valence-corrected chi connectivity index (χ2v) is 12.1. The molecule has 10 rings (SSSR count). The molecule has 0 unspecified atom stereocenters. The normalized spacial score (nSPS) is 11.8. The first-order valence-electron chi connectivity index (χ1n) is 16.1. The van der Waals surface area contributed by atoms with Gasteiger partial charge in [-0.2, -0.15) is 0 Å². The minimum absolute atomic E-state index is 0.643. The average Bonchev–Trinajstić information content (AvgIpc) is 3.73. The Morgan fingerprint density at radius 3 is 1.71 bits per heavy atom. The van der Waals surface area contributed by atoms with E-state index in [1.807, 2.05) is 30.3 Å². The summed E-state index contributed by atoms with van der Waals surface area (Å²) in [6.45, 7) is 0. The molecule has 48 heavy (non-hydrogen) atoms. The zero-order chi connectivity index (χ0) is 31.6. The van der Waals surface area contributed by atoms with Crippen molar-refractivity contribution in [2.24, 2.45) is 0 Å². The lowest BCUT2D eigenvalue weighted by molar-refractivity contribution is 0.667. The van der Waals surface area contributed by atoms with Crippen LogP contribution in [0.25, 0.3) is 99.7 Å². The summed E-state index contributed by atoms with van der Waals surface area (Å²) < 4.78 is 13.1. The summed E-state index contributed by atoms with van der Waals surface area (Å²) in [5, 5.41) is 5.11. The van der Waals surface area contributed by atoms with Crippen LogP contribution in [-0.4, -0.2) is 9.97 Å². The Labute approximate surface area is 275 Å². The van der Waals surface area contributed by atoms with Crippen molar-refractivity contribution in [1.82, 2.24) is 9.97 Å². The van der Waals surface area contributed by atoms with Crippen LogP contribution in [0.5, 0.6) is 0 Å². The molecule has 0 aliphatic heterocycles. The summed E-state index contributed by atoms with van der Waals surface area (Å²) >= 11 is 0. The summed E-state index contributed by atoms with van der Waals surface area (Å²) in [6.07, 6.45) is 0. The predicted octanol–water partition coefficient (Wildman–Crippen LogP) is 12.1. The molecule has 0 saturated carbocycles. The zero-order valence-electron chi connectivity index (χ0n) is 25.7. The van der Waals surface area contributed by atoms with Crippen LogP contribution in [0.3, 0.4) is 0 Å². The van der Waals surface area contributed by atoms with Crippen LogP contribution in [0, 0.1) is 0 Å². The smallest absolute Gasteiger partial charge is 0.180 e. The van der Waals surface area contributed by atoms with E-state index in [0.717, 1.165) is 82.7 Å². The van der Waals surface area contributed by atoms with Gasteiger partial charge in [-0.15, -0.1) is 0 Å². The number of nitrogens with zero attached hydrogens (tertiary/aromatic N) is 2. The molecule has 0 bridgehead atoms. The van der Waals surface area contributed by atoms with Crippen molar-refractivity contribution in [1.29, 1.82) is 0 Å². The number of hydrogen-bond donors (Lipinski definition) is 0. The maximum Gasteiger partial charge on any atom is 0.180 e. The van der Waals surface area contributed by atoms with Gasteiger partial charge in [-0.1, -0.05) is 127 Å². The quantitative estimate of drug-likeness (QED) is 0.198. The molecule has 4 nitrogen and oxygen atoms in total. The summed E-state index contributed by atoms with van der Waals surface area (Å²) in [7, 11) is 0. The molecule has 7 aromatic carbocycles. The average molecular weight is 615 g/mol. The van der Waals surface area contributed by atoms with E-state index in [2.05, 4.69) is 127 Å². The Bertz CT molecular complexity index is 2810. The first-order chi connectivity index (χ1) is 23.8. The van der Waals surface area contributed by atoms with Crippen LogP contribution in [0.4, 0.5) is 0 Å². The largest absolute Gasteiger partial charge is 0.455 e. The van der Waals surface area contributed by atoms with Crippen LogP contribution in [0.2, 0.25) is 0 Å². The van der Waals surface area contributed by atoms with Crippen LogP contribution in [0.15, 0.2) is 167 Å². The number of rotatable bonds is 4. The van der Waals surface area contributed by atoms with Crippen LogP contribution in [-0.2, 0) is 0 Å². The molecule has 0 spiro atoms. The molecule has 0 fully saturated rings. The number of hydrogen-bond acceptors (Lipinski definition) is 4. The van der Waals surface area contributed by atoms with E-state index in [1.165, 1.54) is 5.56 Å². The minimum atomic E-state index is 0.643. The van der Waals surface area contributed by atoms with E-state index in [0.29, 0.717) is 11.4 Å². The van der Waals surface area contributed by atoms with Crippen molar-refractivity contribution in [2.45, 2.75) is 0 Å². The number of furan rings is 2. The highest BCUT2D eigenvalue weighted by atomic mass is 16.3. The van der Waals surface area contributed by atoms with Gasteiger partial charge in [0.15, 0.2) is 11.4 Å². The van der Waals surface area contributed by atoms with Gasteiger partial charge < -0.3 is 8.83 Å². The molecule has 0 atom stereocenters. The third-order valence-corrected chi connectivity index (χ3v) is 9.31. The number of para-hydroxylation sites is 1. The van der Waals surface area contributed by atoms with Gasteiger partial charge in [0.25, 0.3) is 0 Å². The topological polar surface area (TPSA) is 52.1 Å². The van der Waals surface area contributed by atoms with Gasteiger partial charge in [-0.3, -0.25) is 0 Å². The fourth-order valence-corrected chi connectivity index (χ4v) is 6.95. The highest BCUT2D eigenvalue weighted by molar-refractivity contribution is 6.19. The van der Waals surface area contributed by atoms with E-state index in [9.17, 15) is 0 Å². The number of aromatic nitrogens is 2. The Kier molecular flexibility index (Phi) is 5.84. The third kappa shape index (κ3) is 4.16. The molecule has 0 aliphatic carbocycles. The molecule has 10 aromatic rings. The molecule has 3 aromatic heterocycles. The SMILES string of the molecule is c1ccc(-c2ccc(-c3nc(-c4cc5c6ccc(-c7ccccc7)cc6oc5c5ccccc45)nc4c3oc3ccccc34)cc2)cc1. The fraction of sp³-hybridized carbons (Fsp3) is 0. The zero-order valence-corrected chi connectivity index (χ0v) is 25.7. The molecule has 0 saturated heterocycles. The van der Waals surface area contributed by atoms with Gasteiger partial charge in [0, 0.05) is 32.7 Å². The maximum atomic E-state index is 6.62. The molecule has 0 radical (unpaired) electrons. The molecule has 224 valence electrons. The lowest BCUT2D eigenvalue weighted by Crippen LogP contribution is -1.95. The van der Waals surface area contributed by atoms with Crippen molar-refractivity contribution in [3.63, 3.8) is 0 Å². The first kappa shape index (κ1) is 26.7. The highest BCUT2D eigenvalue weighted by Crippen LogP contribution is 2.42. The van der Waals surface area contributed by atoms with Crippen molar-refractivity contribution < 1.29 is 8.83 Å². The Morgan fingerprint density at radius 1 is 0.354 bits per heavy atom. The Hall–Kier alpha value is -6.52. The summed E-state index contributed by atoms with van der Waals surface area (Å²) in [4.78, 5) is 10.5. The Balaban J connectivity index is 1.22. The van der Waals surface area contributed by atoms with Crippen molar-refractivity contribution in [2.75, 3.05) is 0 Å². The van der Waals surface area contributed by atoms with Gasteiger partial charge >= 0.3 is 0 Å². The van der Waals surface area contributed by atoms with Gasteiger partial charge in [0.1, 0.15) is 28.0 Å². The lowest BCUT2D eigenvalue weighted by Gasteiger charge is -2.10. The molecular formula is C44H26N2O2. The summed E-state index contributed by atoms with van der Waals surface area (Å²) in [6, 6.07) is 54.4. The monoisotopic (exact) mass is 614 g/mol. The van der Waals surface area contributed by atoms with E-state index in [-0.39, 0.29) is 0 Å². The van der Waals surface area contributed by atoms with Gasteiger partial charge in [-0.05, 0) is 58.0 Å². The predicted molar refractivity (Wildman–Crippen MR) is 196 cm³/mol. The van der Waals surface area contributed by atoms with Crippen molar-refractivity contribution in [3.05, 3.63) is 158 Å². The molecule has 0 aliphatic rings. The Morgan fingerprint density at radius 2 is 0.938 bits per heavy atom. The highest BCUT2D eigenvalue weighted by Gasteiger charge is 2.21. The van der Waals surface area contributed by atoms with Gasteiger partial charge in [0.2, 0.25) is 0 Å². The lowest BCUT2D eigenvalue weighted by atomic mass is 9.98. The van der Waals surface area contributed by atoms with E-state index in [1.54, 1.807) is 0 Å². The molecule has 0 amide bonds. The standard InChI is InChI=1S/C44H26N2O2/c1-3-11-27(12-4-1)29-19-21-30(22-20-29)40-43-41(35-17-9-10-18-38(35)47-43)46-44(45-40)37-26-36-33-24-23-31(28-13-5-2-6-14-28)25-39(33)48-42(36)34-16-8-7-15-32(34)37/h1-26H. The van der Waals surface area contributed by atoms with Crippen LogP contribution < -0.4 is 0 Å². The molecule has 4 heteroatoms. The maximum absolute atomic E-state index is 6.62. The summed E-state index contributed by atoms with van der Waals surface area (Å²) in [5.41, 5.74) is 11.3.